The number of benzene rings is 2. The number of rotatable bonds is 8. The van der Waals surface area contributed by atoms with Crippen LogP contribution in [0.3, 0.4) is 0 Å². The van der Waals surface area contributed by atoms with E-state index in [2.05, 4.69) is 5.32 Å². The van der Waals surface area contributed by atoms with Gasteiger partial charge in [0.2, 0.25) is 15.9 Å². The number of hydrogen-bond acceptors (Lipinski definition) is 4. The van der Waals surface area contributed by atoms with Crippen LogP contribution in [0.15, 0.2) is 53.4 Å². The molecule has 0 spiro atoms. The number of ether oxygens (including phenoxy) is 1. The van der Waals surface area contributed by atoms with E-state index < -0.39 is 10.0 Å². The molecule has 146 valence electrons. The Balaban J connectivity index is 1.89. The van der Waals surface area contributed by atoms with Gasteiger partial charge in [0.1, 0.15) is 5.75 Å². The number of carbonyl (C=O) groups is 1. The molecule has 1 atom stereocenters. The first-order valence-electron chi connectivity index (χ1n) is 8.69. The van der Waals surface area contributed by atoms with Gasteiger partial charge < -0.3 is 10.1 Å². The predicted molar refractivity (Wildman–Crippen MR) is 105 cm³/mol. The number of amides is 1. The van der Waals surface area contributed by atoms with Gasteiger partial charge in [-0.2, -0.15) is 0 Å². The summed E-state index contributed by atoms with van der Waals surface area (Å²) in [5.74, 6) is 0.723. The molecule has 27 heavy (non-hydrogen) atoms. The smallest absolute Gasteiger partial charge is 0.242 e. The summed E-state index contributed by atoms with van der Waals surface area (Å²) in [6, 6.07) is 14.1. The van der Waals surface area contributed by atoms with Crippen molar-refractivity contribution in [1.82, 2.24) is 9.62 Å². The van der Waals surface area contributed by atoms with E-state index in [0.29, 0.717) is 12.8 Å². The molecule has 0 radical (unpaired) electrons. The molecule has 0 aliphatic heterocycles. The van der Waals surface area contributed by atoms with Gasteiger partial charge in [0, 0.05) is 20.5 Å². The fraction of sp³-hybridized carbons (Fsp3) is 0.350. The first kappa shape index (κ1) is 20.9. The molecule has 0 aliphatic carbocycles. The Morgan fingerprint density at radius 1 is 1.07 bits per heavy atom. The number of carbonyl (C=O) groups excluding carboxylic acids is 1. The molecule has 0 fully saturated rings. The molecule has 1 amide bonds. The van der Waals surface area contributed by atoms with Crippen LogP contribution in [0.1, 0.15) is 30.5 Å². The lowest BCUT2D eigenvalue weighted by Gasteiger charge is -2.15. The number of nitrogens with zero attached hydrogens (tertiary/aromatic N) is 1. The zero-order valence-electron chi connectivity index (χ0n) is 16.1. The summed E-state index contributed by atoms with van der Waals surface area (Å²) in [7, 11) is 1.18. The fourth-order valence-electron chi connectivity index (χ4n) is 2.59. The Kier molecular flexibility index (Phi) is 6.98. The second-order valence-corrected chi connectivity index (χ2v) is 8.65. The highest BCUT2D eigenvalue weighted by molar-refractivity contribution is 7.89. The third-order valence-electron chi connectivity index (χ3n) is 4.34. The molecule has 7 heteroatoms. The highest BCUT2D eigenvalue weighted by Crippen LogP contribution is 2.18. The van der Waals surface area contributed by atoms with Gasteiger partial charge in [-0.15, -0.1) is 0 Å². The largest absolute Gasteiger partial charge is 0.497 e. The summed E-state index contributed by atoms with van der Waals surface area (Å²) in [6.45, 7) is 1.93. The van der Waals surface area contributed by atoms with Crippen LogP contribution in [0.2, 0.25) is 0 Å². The number of aryl methyl sites for hydroxylation is 1. The Morgan fingerprint density at radius 3 is 2.19 bits per heavy atom. The minimum absolute atomic E-state index is 0.0525. The molecule has 0 bridgehead atoms. The van der Waals surface area contributed by atoms with E-state index in [-0.39, 0.29) is 16.8 Å². The van der Waals surface area contributed by atoms with Gasteiger partial charge in [-0.25, -0.2) is 12.7 Å². The van der Waals surface area contributed by atoms with Crippen molar-refractivity contribution in [2.75, 3.05) is 21.2 Å². The van der Waals surface area contributed by atoms with Crippen LogP contribution in [0, 0.1) is 0 Å². The quantitative estimate of drug-likeness (QED) is 0.752. The van der Waals surface area contributed by atoms with Crippen LogP contribution in [-0.4, -0.2) is 39.8 Å². The number of nitrogens with one attached hydrogen (secondary N) is 1. The van der Waals surface area contributed by atoms with Crippen LogP contribution in [0.4, 0.5) is 0 Å². The highest BCUT2D eigenvalue weighted by Gasteiger charge is 2.16. The third-order valence-corrected chi connectivity index (χ3v) is 6.17. The van der Waals surface area contributed by atoms with Gasteiger partial charge in [0.15, 0.2) is 0 Å². The standard InChI is InChI=1S/C20H26N2O4S/c1-15(17-8-10-18(26-4)11-9-17)21-20(23)14-7-16-5-12-19(13-6-16)27(24,25)22(2)3/h5-6,8-13,15H,7,14H2,1-4H3,(H,21,23)/t15-/m0/s1. The van der Waals surface area contributed by atoms with Crippen LogP contribution in [0.5, 0.6) is 5.75 Å². The van der Waals surface area contributed by atoms with Crippen molar-refractivity contribution in [3.8, 4) is 5.75 Å². The van der Waals surface area contributed by atoms with Crippen LogP contribution in [-0.2, 0) is 21.2 Å². The van der Waals surface area contributed by atoms with E-state index >= 15 is 0 Å². The summed E-state index contributed by atoms with van der Waals surface area (Å²) in [5.41, 5.74) is 1.92. The topological polar surface area (TPSA) is 75.7 Å². The van der Waals surface area contributed by atoms with E-state index in [1.165, 1.54) is 18.4 Å². The molecule has 2 aromatic rings. The fourth-order valence-corrected chi connectivity index (χ4v) is 3.49. The molecule has 0 saturated heterocycles. The Labute approximate surface area is 161 Å². The van der Waals surface area contributed by atoms with E-state index in [9.17, 15) is 13.2 Å². The minimum atomic E-state index is -3.43. The molecule has 1 N–H and O–H groups in total. The zero-order valence-corrected chi connectivity index (χ0v) is 16.9. The Hall–Kier alpha value is -2.38. The van der Waals surface area contributed by atoms with E-state index in [1.54, 1.807) is 31.4 Å². The van der Waals surface area contributed by atoms with Crippen molar-refractivity contribution in [2.24, 2.45) is 0 Å². The molecule has 6 nitrogen and oxygen atoms in total. The molecule has 2 aromatic carbocycles. The molecule has 0 heterocycles. The van der Waals surface area contributed by atoms with Crippen molar-refractivity contribution in [1.29, 1.82) is 0 Å². The van der Waals surface area contributed by atoms with Gasteiger partial charge in [-0.1, -0.05) is 24.3 Å². The Bertz CT molecular complexity index is 860. The highest BCUT2D eigenvalue weighted by atomic mass is 32.2. The number of hydrogen-bond donors (Lipinski definition) is 1. The van der Waals surface area contributed by atoms with Crippen molar-refractivity contribution in [2.45, 2.75) is 30.7 Å². The third kappa shape index (κ3) is 5.55. The normalized spacial score (nSPS) is 12.6. The maximum absolute atomic E-state index is 12.2. The number of methoxy groups -OCH3 is 1. The molecule has 0 aliphatic rings. The molecular formula is C20H26N2O4S. The van der Waals surface area contributed by atoms with Crippen LogP contribution in [0.25, 0.3) is 0 Å². The van der Waals surface area contributed by atoms with Crippen molar-refractivity contribution >= 4 is 15.9 Å². The second-order valence-electron chi connectivity index (χ2n) is 6.49. The van der Waals surface area contributed by atoms with Gasteiger partial charge in [-0.05, 0) is 48.7 Å². The molecule has 2 rings (SSSR count). The Morgan fingerprint density at radius 2 is 1.67 bits per heavy atom. The average molecular weight is 391 g/mol. The monoisotopic (exact) mass is 390 g/mol. The second kappa shape index (κ2) is 9.01. The predicted octanol–water partition coefficient (Wildman–Crippen LogP) is 2.76. The molecular weight excluding hydrogens is 364 g/mol. The summed E-state index contributed by atoms with van der Waals surface area (Å²) >= 11 is 0. The van der Waals surface area contributed by atoms with Gasteiger partial charge in [0.25, 0.3) is 0 Å². The summed E-state index contributed by atoms with van der Waals surface area (Å²) in [4.78, 5) is 12.4. The zero-order chi connectivity index (χ0) is 20.0. The summed E-state index contributed by atoms with van der Waals surface area (Å²) in [5, 5.41) is 2.97. The lowest BCUT2D eigenvalue weighted by molar-refractivity contribution is -0.121. The molecule has 0 unspecified atom stereocenters. The van der Waals surface area contributed by atoms with E-state index in [4.69, 9.17) is 4.74 Å². The van der Waals surface area contributed by atoms with Crippen molar-refractivity contribution in [3.05, 3.63) is 59.7 Å². The summed E-state index contributed by atoms with van der Waals surface area (Å²) < 4.78 is 30.4. The molecule has 0 saturated carbocycles. The first-order chi connectivity index (χ1) is 12.7. The van der Waals surface area contributed by atoms with E-state index in [0.717, 1.165) is 16.9 Å². The first-order valence-corrected chi connectivity index (χ1v) is 10.1. The lowest BCUT2D eigenvalue weighted by atomic mass is 10.1. The average Bonchev–Trinajstić information content (AvgIpc) is 2.66. The van der Waals surface area contributed by atoms with Gasteiger partial charge in [-0.3, -0.25) is 4.79 Å². The van der Waals surface area contributed by atoms with E-state index in [1.807, 2.05) is 31.2 Å². The maximum Gasteiger partial charge on any atom is 0.242 e. The molecule has 0 aromatic heterocycles. The van der Waals surface area contributed by atoms with Crippen LogP contribution < -0.4 is 10.1 Å². The van der Waals surface area contributed by atoms with Crippen LogP contribution >= 0.6 is 0 Å². The lowest BCUT2D eigenvalue weighted by Crippen LogP contribution is -2.26. The van der Waals surface area contributed by atoms with Crippen molar-refractivity contribution in [3.63, 3.8) is 0 Å². The number of sulfonamides is 1. The minimum Gasteiger partial charge on any atom is -0.497 e. The maximum atomic E-state index is 12.2. The van der Waals surface area contributed by atoms with Gasteiger partial charge in [0.05, 0.1) is 18.0 Å². The van der Waals surface area contributed by atoms with Crippen molar-refractivity contribution < 1.29 is 17.9 Å². The van der Waals surface area contributed by atoms with Gasteiger partial charge >= 0.3 is 0 Å². The SMILES string of the molecule is COc1ccc([C@H](C)NC(=O)CCc2ccc(S(=O)(=O)N(C)C)cc2)cc1. The summed E-state index contributed by atoms with van der Waals surface area (Å²) in [6.07, 6.45) is 0.879.